The molecule has 4 rings (SSSR count). The normalized spacial score (nSPS) is 17.5. The predicted octanol–water partition coefficient (Wildman–Crippen LogP) is 6.22. The summed E-state index contributed by atoms with van der Waals surface area (Å²) < 4.78 is 0. The van der Waals surface area contributed by atoms with E-state index in [1.54, 1.807) is 18.7 Å². The molecule has 1 fully saturated rings. The van der Waals surface area contributed by atoms with Crippen molar-refractivity contribution in [1.82, 2.24) is 15.3 Å². The average Bonchev–Trinajstić information content (AvgIpc) is 2.72. The monoisotopic (exact) mass is 460 g/mol. The Morgan fingerprint density at radius 3 is 2.09 bits per heavy atom. The molecule has 2 N–H and O–H groups in total. The van der Waals surface area contributed by atoms with Gasteiger partial charge in [0.15, 0.2) is 5.78 Å². The van der Waals surface area contributed by atoms with Crippen LogP contribution >= 0.6 is 11.8 Å². The molecule has 0 saturated carbocycles. The summed E-state index contributed by atoms with van der Waals surface area (Å²) in [5.74, 6) is 0.764. The standard InChI is InChI=1S/C27H32N4OS/c1-18(32)19-6-8-20(9-7-19)21-10-12-23(13-11-21)33-24-14-15-28-25(30-24)29-22-16-26(2,3)31-27(4,5)17-22/h6-15,22,31H,16-17H2,1-5H3,(H,28,29,30). The molecule has 6 heteroatoms. The first-order valence-electron chi connectivity index (χ1n) is 11.4. The number of ketones is 1. The van der Waals surface area contributed by atoms with Gasteiger partial charge in [0, 0.05) is 33.8 Å². The van der Waals surface area contributed by atoms with Crippen molar-refractivity contribution in [2.24, 2.45) is 0 Å². The molecule has 0 atom stereocenters. The van der Waals surface area contributed by atoms with Gasteiger partial charge in [0.1, 0.15) is 5.03 Å². The van der Waals surface area contributed by atoms with Gasteiger partial charge in [-0.15, -0.1) is 0 Å². The van der Waals surface area contributed by atoms with E-state index in [2.05, 4.69) is 67.6 Å². The summed E-state index contributed by atoms with van der Waals surface area (Å²) in [5, 5.41) is 8.19. The van der Waals surface area contributed by atoms with Gasteiger partial charge >= 0.3 is 0 Å². The maximum absolute atomic E-state index is 11.5. The van der Waals surface area contributed by atoms with Gasteiger partial charge in [-0.25, -0.2) is 9.97 Å². The summed E-state index contributed by atoms with van der Waals surface area (Å²) in [6.07, 6.45) is 3.86. The van der Waals surface area contributed by atoms with Gasteiger partial charge in [-0.3, -0.25) is 4.79 Å². The largest absolute Gasteiger partial charge is 0.351 e. The molecule has 0 aliphatic carbocycles. The number of carbonyl (C=O) groups excluding carboxylic acids is 1. The Balaban J connectivity index is 1.42. The molecule has 0 unspecified atom stereocenters. The fourth-order valence-corrected chi connectivity index (χ4v) is 5.58. The summed E-state index contributed by atoms with van der Waals surface area (Å²) in [6.45, 7) is 10.6. The second-order valence-corrected chi connectivity index (χ2v) is 11.2. The highest BCUT2D eigenvalue weighted by molar-refractivity contribution is 7.99. The van der Waals surface area contributed by atoms with Crippen LogP contribution in [0.3, 0.4) is 0 Å². The summed E-state index contributed by atoms with van der Waals surface area (Å²) in [5.41, 5.74) is 3.09. The van der Waals surface area contributed by atoms with Crippen molar-refractivity contribution in [3.05, 3.63) is 66.4 Å². The Morgan fingerprint density at radius 2 is 1.52 bits per heavy atom. The van der Waals surface area contributed by atoms with E-state index in [9.17, 15) is 4.79 Å². The molecule has 1 aliphatic rings. The van der Waals surface area contributed by atoms with E-state index in [0.717, 1.165) is 39.5 Å². The topological polar surface area (TPSA) is 66.9 Å². The van der Waals surface area contributed by atoms with Crippen LogP contribution in [0.15, 0.2) is 70.7 Å². The average molecular weight is 461 g/mol. The van der Waals surface area contributed by atoms with Crippen LogP contribution in [0.25, 0.3) is 11.1 Å². The van der Waals surface area contributed by atoms with Crippen LogP contribution in [0.5, 0.6) is 0 Å². The lowest BCUT2D eigenvalue weighted by atomic mass is 9.80. The minimum atomic E-state index is 0.0694. The number of rotatable bonds is 6. The van der Waals surface area contributed by atoms with Crippen LogP contribution < -0.4 is 10.6 Å². The summed E-state index contributed by atoms with van der Waals surface area (Å²) >= 11 is 1.63. The van der Waals surface area contributed by atoms with Crippen LogP contribution in [-0.2, 0) is 0 Å². The molecule has 0 bridgehead atoms. The minimum Gasteiger partial charge on any atom is -0.351 e. The van der Waals surface area contributed by atoms with E-state index in [1.165, 1.54) is 0 Å². The Labute approximate surface area is 200 Å². The molecule has 2 heterocycles. The number of hydrogen-bond acceptors (Lipinski definition) is 6. The smallest absolute Gasteiger partial charge is 0.223 e. The third-order valence-corrected chi connectivity index (χ3v) is 6.80. The van der Waals surface area contributed by atoms with Crippen molar-refractivity contribution in [1.29, 1.82) is 0 Å². The first-order chi connectivity index (χ1) is 15.6. The highest BCUT2D eigenvalue weighted by Crippen LogP contribution is 2.32. The van der Waals surface area contributed by atoms with Gasteiger partial charge in [0.2, 0.25) is 5.95 Å². The molecule has 1 saturated heterocycles. The number of benzene rings is 2. The zero-order valence-corrected chi connectivity index (χ0v) is 20.8. The number of nitrogens with one attached hydrogen (secondary N) is 2. The lowest BCUT2D eigenvalue weighted by molar-refractivity contribution is 0.101. The molecule has 172 valence electrons. The van der Waals surface area contributed by atoms with Gasteiger partial charge in [-0.05, 0) is 76.8 Å². The number of anilines is 1. The Morgan fingerprint density at radius 1 is 0.939 bits per heavy atom. The van der Waals surface area contributed by atoms with Crippen molar-refractivity contribution < 1.29 is 4.79 Å². The third-order valence-electron chi connectivity index (χ3n) is 5.85. The molecule has 3 aromatic rings. The Hall–Kier alpha value is -2.70. The van der Waals surface area contributed by atoms with Crippen LogP contribution in [0.4, 0.5) is 5.95 Å². The van der Waals surface area contributed by atoms with E-state index in [-0.39, 0.29) is 16.9 Å². The number of Topliss-reactive ketones (excluding diaryl/α,β-unsaturated/α-hetero) is 1. The van der Waals surface area contributed by atoms with E-state index < -0.39 is 0 Å². The third kappa shape index (κ3) is 6.21. The quantitative estimate of drug-likeness (QED) is 0.336. The van der Waals surface area contributed by atoms with Crippen molar-refractivity contribution in [2.75, 3.05) is 5.32 Å². The molecule has 1 aliphatic heterocycles. The number of piperidine rings is 1. The second kappa shape index (κ2) is 9.27. The maximum atomic E-state index is 11.5. The first kappa shape index (κ1) is 23.5. The van der Waals surface area contributed by atoms with Gasteiger partial charge in [-0.2, -0.15) is 0 Å². The lowest BCUT2D eigenvalue weighted by Gasteiger charge is -2.46. The van der Waals surface area contributed by atoms with Crippen molar-refractivity contribution in [3.8, 4) is 11.1 Å². The van der Waals surface area contributed by atoms with E-state index >= 15 is 0 Å². The van der Waals surface area contributed by atoms with Crippen molar-refractivity contribution in [2.45, 2.75) is 74.5 Å². The van der Waals surface area contributed by atoms with Crippen LogP contribution in [0, 0.1) is 0 Å². The first-order valence-corrected chi connectivity index (χ1v) is 12.2. The number of nitrogens with zero attached hydrogens (tertiary/aromatic N) is 2. The zero-order valence-electron chi connectivity index (χ0n) is 20.0. The fourth-order valence-electron chi connectivity index (χ4n) is 4.81. The highest BCUT2D eigenvalue weighted by atomic mass is 32.2. The zero-order chi connectivity index (χ0) is 23.6. The Bertz CT molecular complexity index is 1110. The molecule has 0 radical (unpaired) electrons. The number of hydrogen-bond donors (Lipinski definition) is 2. The molecule has 1 aromatic heterocycles. The maximum Gasteiger partial charge on any atom is 0.223 e. The van der Waals surface area contributed by atoms with Crippen LogP contribution in [0.2, 0.25) is 0 Å². The summed E-state index contributed by atoms with van der Waals surface area (Å²) in [6, 6.07) is 18.4. The highest BCUT2D eigenvalue weighted by Gasteiger charge is 2.37. The number of aromatic nitrogens is 2. The molecule has 0 amide bonds. The van der Waals surface area contributed by atoms with Crippen LogP contribution in [0.1, 0.15) is 57.8 Å². The molecule has 33 heavy (non-hydrogen) atoms. The summed E-state index contributed by atoms with van der Waals surface area (Å²) in [4.78, 5) is 21.8. The predicted molar refractivity (Wildman–Crippen MR) is 136 cm³/mol. The molecule has 0 spiro atoms. The summed E-state index contributed by atoms with van der Waals surface area (Å²) in [7, 11) is 0. The number of carbonyl (C=O) groups is 1. The molecule has 2 aromatic carbocycles. The Kier molecular flexibility index (Phi) is 6.59. The van der Waals surface area contributed by atoms with E-state index in [1.807, 2.05) is 36.5 Å². The van der Waals surface area contributed by atoms with E-state index in [4.69, 9.17) is 4.98 Å². The van der Waals surface area contributed by atoms with Gasteiger partial charge in [0.05, 0.1) is 0 Å². The van der Waals surface area contributed by atoms with Gasteiger partial charge in [-0.1, -0.05) is 48.2 Å². The molecular formula is C27H32N4OS. The molecule has 5 nitrogen and oxygen atoms in total. The van der Waals surface area contributed by atoms with Gasteiger partial charge in [0.25, 0.3) is 0 Å². The fraction of sp³-hybridized carbons (Fsp3) is 0.370. The minimum absolute atomic E-state index is 0.0694. The van der Waals surface area contributed by atoms with Crippen LogP contribution in [-0.4, -0.2) is 32.9 Å². The molecular weight excluding hydrogens is 428 g/mol. The van der Waals surface area contributed by atoms with Crippen molar-refractivity contribution in [3.63, 3.8) is 0 Å². The van der Waals surface area contributed by atoms with Gasteiger partial charge < -0.3 is 10.6 Å². The van der Waals surface area contributed by atoms with E-state index in [0.29, 0.717) is 12.0 Å². The lowest BCUT2D eigenvalue weighted by Crippen LogP contribution is -2.60. The SMILES string of the molecule is CC(=O)c1ccc(-c2ccc(Sc3ccnc(NC4CC(C)(C)NC(C)(C)C4)n3)cc2)cc1. The second-order valence-electron chi connectivity index (χ2n) is 10.1. The van der Waals surface area contributed by atoms with Crippen molar-refractivity contribution >= 4 is 23.5 Å².